The first-order valence-electron chi connectivity index (χ1n) is 6.08. The Morgan fingerprint density at radius 1 is 1.21 bits per heavy atom. The topological polar surface area (TPSA) is 74.7 Å². The minimum Gasteiger partial charge on any atom is -0.481 e. The SMILES string of the molecule is CCc1ccc(CN(C)S(=O)(=O)CCC(=O)O)cc1. The summed E-state index contributed by atoms with van der Waals surface area (Å²) in [6.07, 6.45) is 0.564. The summed E-state index contributed by atoms with van der Waals surface area (Å²) in [6.45, 7) is 2.31. The number of carbonyl (C=O) groups is 1. The van der Waals surface area contributed by atoms with Crippen molar-refractivity contribution in [1.29, 1.82) is 0 Å². The van der Waals surface area contributed by atoms with Crippen molar-refractivity contribution in [3.8, 4) is 0 Å². The zero-order valence-electron chi connectivity index (χ0n) is 11.2. The zero-order valence-corrected chi connectivity index (χ0v) is 12.0. The van der Waals surface area contributed by atoms with Crippen LogP contribution in [-0.4, -0.2) is 36.6 Å². The van der Waals surface area contributed by atoms with E-state index in [1.165, 1.54) is 16.9 Å². The lowest BCUT2D eigenvalue weighted by molar-refractivity contribution is -0.136. The number of aliphatic carboxylic acids is 1. The maximum atomic E-state index is 11.8. The van der Waals surface area contributed by atoms with E-state index in [0.29, 0.717) is 0 Å². The standard InChI is InChI=1S/C13H19NO4S/c1-3-11-4-6-12(7-5-11)10-14(2)19(17,18)9-8-13(15)16/h4-7H,3,8-10H2,1-2H3,(H,15,16). The van der Waals surface area contributed by atoms with Gasteiger partial charge in [-0.1, -0.05) is 31.2 Å². The normalized spacial score (nSPS) is 11.7. The van der Waals surface area contributed by atoms with Crippen LogP contribution in [0.3, 0.4) is 0 Å². The second kappa shape index (κ2) is 6.68. The van der Waals surface area contributed by atoms with E-state index in [0.717, 1.165) is 12.0 Å². The van der Waals surface area contributed by atoms with Crippen LogP contribution in [0.4, 0.5) is 0 Å². The summed E-state index contributed by atoms with van der Waals surface area (Å²) in [4.78, 5) is 10.4. The van der Waals surface area contributed by atoms with Gasteiger partial charge in [0, 0.05) is 13.6 Å². The summed E-state index contributed by atoms with van der Waals surface area (Å²) >= 11 is 0. The number of benzene rings is 1. The van der Waals surface area contributed by atoms with Gasteiger partial charge in [-0.15, -0.1) is 0 Å². The van der Waals surface area contributed by atoms with Gasteiger partial charge in [0.2, 0.25) is 10.0 Å². The summed E-state index contributed by atoms with van der Waals surface area (Å²) < 4.78 is 24.8. The van der Waals surface area contributed by atoms with Crippen LogP contribution in [0.5, 0.6) is 0 Å². The van der Waals surface area contributed by atoms with E-state index < -0.39 is 16.0 Å². The Hall–Kier alpha value is -1.40. The highest BCUT2D eigenvalue weighted by atomic mass is 32.2. The van der Waals surface area contributed by atoms with Gasteiger partial charge in [0.05, 0.1) is 12.2 Å². The van der Waals surface area contributed by atoms with Crippen molar-refractivity contribution in [2.45, 2.75) is 26.3 Å². The van der Waals surface area contributed by atoms with Crippen molar-refractivity contribution >= 4 is 16.0 Å². The van der Waals surface area contributed by atoms with E-state index in [2.05, 4.69) is 6.92 Å². The van der Waals surface area contributed by atoms with Crippen molar-refractivity contribution in [3.63, 3.8) is 0 Å². The number of nitrogens with zero attached hydrogens (tertiary/aromatic N) is 1. The van der Waals surface area contributed by atoms with Gasteiger partial charge in [-0.2, -0.15) is 0 Å². The monoisotopic (exact) mass is 285 g/mol. The van der Waals surface area contributed by atoms with E-state index in [1.54, 1.807) is 0 Å². The predicted octanol–water partition coefficient (Wildman–Crippen LogP) is 1.49. The van der Waals surface area contributed by atoms with Gasteiger partial charge in [0.1, 0.15) is 0 Å². The van der Waals surface area contributed by atoms with Crippen molar-refractivity contribution in [3.05, 3.63) is 35.4 Å². The molecule has 1 aromatic carbocycles. The molecular weight excluding hydrogens is 266 g/mol. The van der Waals surface area contributed by atoms with Crippen molar-refractivity contribution in [2.24, 2.45) is 0 Å². The molecule has 0 aromatic heterocycles. The molecule has 0 unspecified atom stereocenters. The summed E-state index contributed by atoms with van der Waals surface area (Å²) in [5.41, 5.74) is 2.08. The highest BCUT2D eigenvalue weighted by Gasteiger charge is 2.19. The van der Waals surface area contributed by atoms with Crippen molar-refractivity contribution in [1.82, 2.24) is 4.31 Å². The van der Waals surface area contributed by atoms with Crippen LogP contribution in [0.25, 0.3) is 0 Å². The van der Waals surface area contributed by atoms with E-state index >= 15 is 0 Å². The van der Waals surface area contributed by atoms with Crippen LogP contribution in [0.1, 0.15) is 24.5 Å². The summed E-state index contributed by atoms with van der Waals surface area (Å²) in [5.74, 6) is -1.48. The third-order valence-corrected chi connectivity index (χ3v) is 4.68. The molecule has 0 aliphatic carbocycles. The smallest absolute Gasteiger partial charge is 0.304 e. The largest absolute Gasteiger partial charge is 0.481 e. The molecule has 106 valence electrons. The third kappa shape index (κ3) is 5.00. The van der Waals surface area contributed by atoms with Gasteiger partial charge in [-0.3, -0.25) is 4.79 Å². The average molecular weight is 285 g/mol. The Labute approximate surface area is 113 Å². The van der Waals surface area contributed by atoms with Gasteiger partial charge in [-0.25, -0.2) is 12.7 Å². The molecule has 5 nitrogen and oxygen atoms in total. The lowest BCUT2D eigenvalue weighted by Crippen LogP contribution is -2.29. The van der Waals surface area contributed by atoms with E-state index in [1.807, 2.05) is 24.3 Å². The van der Waals surface area contributed by atoms with Crippen LogP contribution < -0.4 is 0 Å². The van der Waals surface area contributed by atoms with Crippen molar-refractivity contribution < 1.29 is 18.3 Å². The molecule has 1 N–H and O–H groups in total. The number of carboxylic acids is 1. The highest BCUT2D eigenvalue weighted by Crippen LogP contribution is 2.10. The van der Waals surface area contributed by atoms with E-state index in [-0.39, 0.29) is 18.7 Å². The Morgan fingerprint density at radius 3 is 2.21 bits per heavy atom. The van der Waals surface area contributed by atoms with Crippen molar-refractivity contribution in [2.75, 3.05) is 12.8 Å². The number of aryl methyl sites for hydroxylation is 1. The van der Waals surface area contributed by atoms with Gasteiger partial charge in [0.25, 0.3) is 0 Å². The maximum absolute atomic E-state index is 11.8. The molecular formula is C13H19NO4S. The first-order chi connectivity index (χ1) is 8.85. The van der Waals surface area contributed by atoms with Gasteiger partial charge < -0.3 is 5.11 Å². The molecule has 1 rings (SSSR count). The molecule has 0 heterocycles. The number of sulfonamides is 1. The lowest BCUT2D eigenvalue weighted by Gasteiger charge is -2.16. The quantitative estimate of drug-likeness (QED) is 0.823. The number of rotatable bonds is 7. The van der Waals surface area contributed by atoms with Crippen LogP contribution >= 0.6 is 0 Å². The number of hydrogen-bond acceptors (Lipinski definition) is 3. The Bertz CT molecular complexity index is 522. The highest BCUT2D eigenvalue weighted by molar-refractivity contribution is 7.89. The Morgan fingerprint density at radius 2 is 1.74 bits per heavy atom. The fraction of sp³-hybridized carbons (Fsp3) is 0.462. The minimum atomic E-state index is -3.52. The molecule has 0 fully saturated rings. The molecule has 1 aromatic rings. The number of hydrogen-bond donors (Lipinski definition) is 1. The molecule has 19 heavy (non-hydrogen) atoms. The molecule has 0 radical (unpaired) electrons. The van der Waals surface area contributed by atoms with Crippen LogP contribution in [0, 0.1) is 0 Å². The predicted molar refractivity (Wildman–Crippen MR) is 73.3 cm³/mol. The zero-order chi connectivity index (χ0) is 14.5. The van der Waals surface area contributed by atoms with Crippen LogP contribution in [-0.2, 0) is 27.8 Å². The molecule has 0 aliphatic heterocycles. The molecule has 0 atom stereocenters. The third-order valence-electron chi connectivity index (χ3n) is 2.89. The molecule has 0 spiro atoms. The summed E-state index contributed by atoms with van der Waals surface area (Å²) in [6, 6.07) is 7.71. The minimum absolute atomic E-state index is 0.256. The first-order valence-corrected chi connectivity index (χ1v) is 7.69. The molecule has 0 aliphatic rings. The fourth-order valence-corrected chi connectivity index (χ4v) is 2.70. The second-order valence-electron chi connectivity index (χ2n) is 4.39. The summed E-state index contributed by atoms with van der Waals surface area (Å²) in [7, 11) is -2.05. The Kier molecular flexibility index (Phi) is 5.50. The number of carboxylic acid groups (broad SMARTS) is 1. The Balaban J connectivity index is 2.66. The molecule has 6 heteroatoms. The van der Waals surface area contributed by atoms with E-state index in [9.17, 15) is 13.2 Å². The average Bonchev–Trinajstić information content (AvgIpc) is 2.37. The van der Waals surface area contributed by atoms with Gasteiger partial charge in [0.15, 0.2) is 0 Å². The fourth-order valence-electron chi connectivity index (χ4n) is 1.61. The molecule has 0 bridgehead atoms. The van der Waals surface area contributed by atoms with Crippen LogP contribution in [0.2, 0.25) is 0 Å². The summed E-state index contributed by atoms with van der Waals surface area (Å²) in [5, 5.41) is 8.52. The lowest BCUT2D eigenvalue weighted by atomic mass is 10.1. The molecule has 0 amide bonds. The maximum Gasteiger partial charge on any atom is 0.304 e. The van der Waals surface area contributed by atoms with Gasteiger partial charge >= 0.3 is 5.97 Å². The van der Waals surface area contributed by atoms with Crippen LogP contribution in [0.15, 0.2) is 24.3 Å². The molecule has 0 saturated carbocycles. The first kappa shape index (κ1) is 15.7. The second-order valence-corrected chi connectivity index (χ2v) is 6.58. The molecule has 0 saturated heterocycles. The van der Waals surface area contributed by atoms with E-state index in [4.69, 9.17) is 5.11 Å². The van der Waals surface area contributed by atoms with Gasteiger partial charge in [-0.05, 0) is 17.5 Å².